The molecule has 0 spiro atoms. The molecular formula is C25H30FN3O. The average Bonchev–Trinajstić information content (AvgIpc) is 3.17. The maximum atomic E-state index is 14.0. The van der Waals surface area contributed by atoms with E-state index in [1.54, 1.807) is 0 Å². The van der Waals surface area contributed by atoms with Crippen LogP contribution in [0.2, 0.25) is 0 Å². The highest BCUT2D eigenvalue weighted by Gasteiger charge is 2.16. The fourth-order valence-corrected chi connectivity index (χ4v) is 3.81. The Morgan fingerprint density at radius 1 is 1.17 bits per heavy atom. The normalized spacial score (nSPS) is 11.0. The molecule has 5 heteroatoms. The fourth-order valence-electron chi connectivity index (χ4n) is 3.81. The van der Waals surface area contributed by atoms with Crippen molar-refractivity contribution in [2.75, 3.05) is 12.4 Å². The molecule has 0 saturated heterocycles. The molecule has 0 aliphatic rings. The van der Waals surface area contributed by atoms with Gasteiger partial charge in [-0.3, -0.25) is 0 Å². The van der Waals surface area contributed by atoms with Gasteiger partial charge in [-0.05, 0) is 54.2 Å². The van der Waals surface area contributed by atoms with Gasteiger partial charge in [-0.15, -0.1) is 0 Å². The lowest BCUT2D eigenvalue weighted by Crippen LogP contribution is -1.99. The van der Waals surface area contributed by atoms with Gasteiger partial charge in [0.15, 0.2) is 11.6 Å². The zero-order valence-corrected chi connectivity index (χ0v) is 18.2. The first kappa shape index (κ1) is 21.6. The molecule has 0 unspecified atom stereocenters. The molecule has 1 heterocycles. The van der Waals surface area contributed by atoms with Crippen LogP contribution >= 0.6 is 0 Å². The summed E-state index contributed by atoms with van der Waals surface area (Å²) in [6.07, 6.45) is 3.59. The SMILES string of the molecule is C=C(c1nc(CC)c(CCC)[nH]1)c1ccc(-c2cc(F)c(O)cc2CC)cc1NC. The Hall–Kier alpha value is -3.08. The third-order valence-corrected chi connectivity index (χ3v) is 5.46. The molecule has 0 radical (unpaired) electrons. The number of anilines is 1. The molecule has 0 saturated carbocycles. The summed E-state index contributed by atoms with van der Waals surface area (Å²) in [5, 5.41) is 13.0. The molecule has 0 fully saturated rings. The maximum Gasteiger partial charge on any atom is 0.165 e. The van der Waals surface area contributed by atoms with Gasteiger partial charge in [0.1, 0.15) is 5.82 Å². The first-order valence-electron chi connectivity index (χ1n) is 10.5. The van der Waals surface area contributed by atoms with Crippen LogP contribution in [-0.2, 0) is 19.3 Å². The van der Waals surface area contributed by atoms with Gasteiger partial charge in [-0.2, -0.15) is 0 Å². The molecule has 3 aromatic rings. The van der Waals surface area contributed by atoms with Crippen molar-refractivity contribution in [1.82, 2.24) is 9.97 Å². The highest BCUT2D eigenvalue weighted by molar-refractivity contribution is 5.85. The van der Waals surface area contributed by atoms with Gasteiger partial charge in [0.25, 0.3) is 0 Å². The van der Waals surface area contributed by atoms with Gasteiger partial charge in [0.05, 0.1) is 5.69 Å². The van der Waals surface area contributed by atoms with Gasteiger partial charge in [0.2, 0.25) is 0 Å². The number of phenols is 1. The van der Waals surface area contributed by atoms with Crippen LogP contribution in [0.15, 0.2) is 36.9 Å². The Kier molecular flexibility index (Phi) is 6.60. The van der Waals surface area contributed by atoms with E-state index in [4.69, 9.17) is 4.98 Å². The molecule has 3 rings (SSSR count). The van der Waals surface area contributed by atoms with Crippen LogP contribution in [0.3, 0.4) is 0 Å². The number of rotatable bonds is 8. The highest BCUT2D eigenvalue weighted by Crippen LogP contribution is 2.35. The van der Waals surface area contributed by atoms with Crippen molar-refractivity contribution in [3.05, 3.63) is 71.1 Å². The first-order chi connectivity index (χ1) is 14.4. The summed E-state index contributed by atoms with van der Waals surface area (Å²) in [6.45, 7) is 10.5. The fraction of sp³-hybridized carbons (Fsp3) is 0.320. The summed E-state index contributed by atoms with van der Waals surface area (Å²) >= 11 is 0. The summed E-state index contributed by atoms with van der Waals surface area (Å²) in [4.78, 5) is 8.21. The average molecular weight is 408 g/mol. The molecule has 158 valence electrons. The Balaban J connectivity index is 2.03. The van der Waals surface area contributed by atoms with Gasteiger partial charge < -0.3 is 15.4 Å². The van der Waals surface area contributed by atoms with E-state index in [0.29, 0.717) is 6.42 Å². The second-order valence-electron chi connectivity index (χ2n) is 7.42. The minimum absolute atomic E-state index is 0.318. The number of halogens is 1. The summed E-state index contributed by atoms with van der Waals surface area (Å²) < 4.78 is 14.0. The number of aromatic nitrogens is 2. The minimum atomic E-state index is -0.618. The highest BCUT2D eigenvalue weighted by atomic mass is 19.1. The molecule has 0 aliphatic carbocycles. The number of nitrogens with zero attached hydrogens (tertiary/aromatic N) is 1. The Morgan fingerprint density at radius 2 is 1.93 bits per heavy atom. The van der Waals surface area contributed by atoms with E-state index in [2.05, 4.69) is 30.7 Å². The summed E-state index contributed by atoms with van der Waals surface area (Å²) in [7, 11) is 1.86. The quantitative estimate of drug-likeness (QED) is 0.423. The van der Waals surface area contributed by atoms with Crippen LogP contribution in [0.25, 0.3) is 16.7 Å². The van der Waals surface area contributed by atoms with Crippen molar-refractivity contribution < 1.29 is 9.50 Å². The number of hydrogen-bond donors (Lipinski definition) is 3. The molecule has 0 amide bonds. The van der Waals surface area contributed by atoms with Gasteiger partial charge in [-0.1, -0.05) is 45.9 Å². The number of aromatic hydroxyl groups is 1. The standard InChI is InChI=1S/C25H30FN3O/c1-6-9-22-21(8-3)28-25(29-22)15(4)18-11-10-17(12-23(18)27-5)19-14-20(26)24(30)13-16(19)7-2/h10-14,27,30H,4,6-9H2,1-3,5H3,(H,28,29). The van der Waals surface area contributed by atoms with Crippen LogP contribution in [0.1, 0.15) is 55.5 Å². The number of phenolic OH excluding ortho intramolecular Hbond substituents is 1. The van der Waals surface area contributed by atoms with Crippen molar-refractivity contribution in [3.8, 4) is 16.9 Å². The molecule has 30 heavy (non-hydrogen) atoms. The third kappa shape index (κ3) is 4.11. The van der Waals surface area contributed by atoms with Crippen molar-refractivity contribution >= 4 is 11.3 Å². The van der Waals surface area contributed by atoms with E-state index in [1.807, 2.05) is 32.2 Å². The van der Waals surface area contributed by atoms with E-state index in [0.717, 1.165) is 64.3 Å². The topological polar surface area (TPSA) is 60.9 Å². The smallest absolute Gasteiger partial charge is 0.165 e. The van der Waals surface area contributed by atoms with Crippen molar-refractivity contribution in [1.29, 1.82) is 0 Å². The number of aromatic amines is 1. The van der Waals surface area contributed by atoms with E-state index in [1.165, 1.54) is 17.8 Å². The third-order valence-electron chi connectivity index (χ3n) is 5.46. The van der Waals surface area contributed by atoms with Crippen LogP contribution in [0.5, 0.6) is 5.75 Å². The van der Waals surface area contributed by atoms with Gasteiger partial charge in [-0.25, -0.2) is 9.37 Å². The second-order valence-corrected chi connectivity index (χ2v) is 7.42. The van der Waals surface area contributed by atoms with Crippen LogP contribution < -0.4 is 5.32 Å². The largest absolute Gasteiger partial charge is 0.505 e. The maximum absolute atomic E-state index is 14.0. The number of benzene rings is 2. The van der Waals surface area contributed by atoms with Gasteiger partial charge >= 0.3 is 0 Å². The second kappa shape index (κ2) is 9.16. The van der Waals surface area contributed by atoms with Crippen LogP contribution in [0, 0.1) is 5.82 Å². The number of H-pyrrole nitrogens is 1. The van der Waals surface area contributed by atoms with Crippen LogP contribution in [0.4, 0.5) is 10.1 Å². The summed E-state index contributed by atoms with van der Waals surface area (Å²) in [6, 6.07) is 8.84. The van der Waals surface area contributed by atoms with Crippen molar-refractivity contribution in [2.24, 2.45) is 0 Å². The molecule has 0 aliphatic heterocycles. The first-order valence-corrected chi connectivity index (χ1v) is 10.5. The summed E-state index contributed by atoms with van der Waals surface area (Å²) in [5.74, 6) is -0.154. The van der Waals surface area contributed by atoms with Crippen LogP contribution in [-0.4, -0.2) is 22.1 Å². The number of aryl methyl sites for hydroxylation is 3. The Labute approximate surface area is 177 Å². The molecule has 0 atom stereocenters. The molecular weight excluding hydrogens is 377 g/mol. The molecule has 0 bridgehead atoms. The lowest BCUT2D eigenvalue weighted by molar-refractivity contribution is 0.432. The number of imidazole rings is 1. The zero-order chi connectivity index (χ0) is 21.8. The lowest BCUT2D eigenvalue weighted by Gasteiger charge is -2.15. The van der Waals surface area contributed by atoms with E-state index < -0.39 is 5.82 Å². The van der Waals surface area contributed by atoms with E-state index >= 15 is 0 Å². The van der Waals surface area contributed by atoms with Crippen molar-refractivity contribution in [2.45, 2.75) is 46.5 Å². The predicted octanol–water partition coefficient (Wildman–Crippen LogP) is 6.10. The molecule has 4 nitrogen and oxygen atoms in total. The Morgan fingerprint density at radius 3 is 2.57 bits per heavy atom. The number of nitrogens with one attached hydrogen (secondary N) is 2. The van der Waals surface area contributed by atoms with E-state index in [-0.39, 0.29) is 5.75 Å². The predicted molar refractivity (Wildman–Crippen MR) is 123 cm³/mol. The lowest BCUT2D eigenvalue weighted by atomic mass is 9.94. The molecule has 3 N–H and O–H groups in total. The number of hydrogen-bond acceptors (Lipinski definition) is 3. The zero-order valence-electron chi connectivity index (χ0n) is 18.2. The summed E-state index contributed by atoms with van der Waals surface area (Å²) in [5.41, 5.74) is 7.46. The minimum Gasteiger partial charge on any atom is -0.505 e. The van der Waals surface area contributed by atoms with E-state index in [9.17, 15) is 9.50 Å². The van der Waals surface area contributed by atoms with Crippen molar-refractivity contribution in [3.63, 3.8) is 0 Å². The molecule has 1 aromatic heterocycles. The monoisotopic (exact) mass is 407 g/mol. The molecule has 2 aromatic carbocycles. The Bertz CT molecular complexity index is 1070. The van der Waals surface area contributed by atoms with Gasteiger partial charge in [0, 0.05) is 29.6 Å².